The van der Waals surface area contributed by atoms with E-state index in [4.69, 9.17) is 4.52 Å². The fourth-order valence-electron chi connectivity index (χ4n) is 3.03. The van der Waals surface area contributed by atoms with Crippen molar-refractivity contribution in [2.45, 2.75) is 38.3 Å². The van der Waals surface area contributed by atoms with E-state index in [1.807, 2.05) is 0 Å². The third kappa shape index (κ3) is 3.09. The van der Waals surface area contributed by atoms with Gasteiger partial charge in [0.15, 0.2) is 5.82 Å². The lowest BCUT2D eigenvalue weighted by Gasteiger charge is -2.36. The van der Waals surface area contributed by atoms with Crippen LogP contribution in [0.2, 0.25) is 0 Å². The van der Waals surface area contributed by atoms with E-state index in [2.05, 4.69) is 43.7 Å². The van der Waals surface area contributed by atoms with Crippen LogP contribution in [0.5, 0.6) is 0 Å². The van der Waals surface area contributed by atoms with Crippen LogP contribution in [-0.2, 0) is 6.54 Å². The van der Waals surface area contributed by atoms with E-state index in [-0.39, 0.29) is 6.04 Å². The average Bonchev–Trinajstić information content (AvgIpc) is 3.06. The number of nitrogens with zero attached hydrogens (tertiary/aromatic N) is 4. The van der Waals surface area contributed by atoms with Crippen molar-refractivity contribution < 1.29 is 4.52 Å². The average molecular weight is 318 g/mol. The summed E-state index contributed by atoms with van der Waals surface area (Å²) in [5.74, 6) is 2.26. The van der Waals surface area contributed by atoms with Gasteiger partial charge in [-0.1, -0.05) is 5.16 Å². The van der Waals surface area contributed by atoms with E-state index in [1.54, 1.807) is 11.3 Å². The number of thiophene rings is 1. The maximum atomic E-state index is 5.48. The summed E-state index contributed by atoms with van der Waals surface area (Å²) in [7, 11) is 0. The van der Waals surface area contributed by atoms with Crippen molar-refractivity contribution in [3.8, 4) is 0 Å². The first-order valence-electron chi connectivity index (χ1n) is 8.10. The van der Waals surface area contributed by atoms with Crippen molar-refractivity contribution in [2.24, 2.45) is 0 Å². The summed E-state index contributed by atoms with van der Waals surface area (Å²) >= 11 is 1.78. The lowest BCUT2D eigenvalue weighted by molar-refractivity contribution is 0.0846. The third-order valence-corrected chi connectivity index (χ3v) is 5.43. The van der Waals surface area contributed by atoms with Gasteiger partial charge in [0.1, 0.15) is 0 Å². The van der Waals surface area contributed by atoms with E-state index in [1.165, 1.54) is 18.4 Å². The highest BCUT2D eigenvalue weighted by Crippen LogP contribution is 2.38. The van der Waals surface area contributed by atoms with Crippen LogP contribution in [0.25, 0.3) is 0 Å². The van der Waals surface area contributed by atoms with Gasteiger partial charge < -0.3 is 4.52 Å². The molecule has 4 rings (SSSR count). The van der Waals surface area contributed by atoms with Crippen molar-refractivity contribution in [1.29, 1.82) is 0 Å². The van der Waals surface area contributed by atoms with Crippen molar-refractivity contribution in [3.05, 3.63) is 34.1 Å². The smallest absolute Gasteiger partial charge is 0.243 e. The van der Waals surface area contributed by atoms with E-state index < -0.39 is 0 Å². The van der Waals surface area contributed by atoms with E-state index >= 15 is 0 Å². The molecule has 1 atom stereocenters. The van der Waals surface area contributed by atoms with Crippen LogP contribution in [-0.4, -0.2) is 46.1 Å². The molecule has 2 aromatic heterocycles. The Labute approximate surface area is 134 Å². The lowest BCUT2D eigenvalue weighted by atomic mass is 10.2. The summed E-state index contributed by atoms with van der Waals surface area (Å²) in [5, 5.41) is 8.53. The molecule has 2 aliphatic rings. The Bertz CT molecular complexity index is 599. The van der Waals surface area contributed by atoms with Gasteiger partial charge >= 0.3 is 0 Å². The Balaban J connectivity index is 1.32. The highest BCUT2D eigenvalue weighted by atomic mass is 32.1. The molecule has 6 heteroatoms. The Hall–Kier alpha value is -1.24. The number of hydrogen-bond acceptors (Lipinski definition) is 6. The molecule has 1 aliphatic carbocycles. The summed E-state index contributed by atoms with van der Waals surface area (Å²) in [6.07, 6.45) is 2.43. The summed E-state index contributed by atoms with van der Waals surface area (Å²) < 4.78 is 5.48. The minimum absolute atomic E-state index is 0.225. The first-order valence-corrected chi connectivity index (χ1v) is 9.05. The molecule has 0 unspecified atom stereocenters. The molecule has 5 nitrogen and oxygen atoms in total. The molecule has 1 aliphatic heterocycles. The van der Waals surface area contributed by atoms with Crippen LogP contribution in [0.4, 0.5) is 0 Å². The van der Waals surface area contributed by atoms with Gasteiger partial charge in [0.05, 0.1) is 6.04 Å². The molecule has 2 aromatic rings. The topological polar surface area (TPSA) is 45.4 Å². The molecule has 0 spiro atoms. The Morgan fingerprint density at radius 2 is 2.14 bits per heavy atom. The van der Waals surface area contributed by atoms with E-state index in [9.17, 15) is 0 Å². The van der Waals surface area contributed by atoms with E-state index in [0.29, 0.717) is 5.92 Å². The Morgan fingerprint density at radius 1 is 1.32 bits per heavy atom. The molecule has 1 saturated carbocycles. The summed E-state index contributed by atoms with van der Waals surface area (Å²) in [6.45, 7) is 7.57. The van der Waals surface area contributed by atoms with Gasteiger partial charge in [0.25, 0.3) is 0 Å². The predicted molar refractivity (Wildman–Crippen MR) is 85.9 cm³/mol. The van der Waals surface area contributed by atoms with Gasteiger partial charge in [0, 0.05) is 38.6 Å². The van der Waals surface area contributed by atoms with E-state index in [0.717, 1.165) is 44.4 Å². The van der Waals surface area contributed by atoms with Gasteiger partial charge in [-0.2, -0.15) is 16.3 Å². The third-order valence-electron chi connectivity index (χ3n) is 4.70. The zero-order valence-corrected chi connectivity index (χ0v) is 13.8. The molecule has 0 amide bonds. The monoisotopic (exact) mass is 318 g/mol. The second kappa shape index (κ2) is 6.10. The van der Waals surface area contributed by atoms with Crippen LogP contribution < -0.4 is 0 Å². The normalized spacial score (nSPS) is 22.0. The van der Waals surface area contributed by atoms with Gasteiger partial charge in [-0.05, 0) is 42.2 Å². The van der Waals surface area contributed by atoms with Gasteiger partial charge in [0.2, 0.25) is 5.89 Å². The molecule has 118 valence electrons. The molecule has 0 N–H and O–H groups in total. The number of piperazine rings is 1. The molecule has 0 bridgehead atoms. The lowest BCUT2D eigenvalue weighted by Crippen LogP contribution is -2.46. The highest BCUT2D eigenvalue weighted by molar-refractivity contribution is 7.07. The van der Waals surface area contributed by atoms with Crippen LogP contribution in [0.15, 0.2) is 21.3 Å². The fraction of sp³-hybridized carbons (Fsp3) is 0.625. The predicted octanol–water partition coefficient (Wildman–Crippen LogP) is 2.89. The quantitative estimate of drug-likeness (QED) is 0.848. The number of aromatic nitrogens is 2. The van der Waals surface area contributed by atoms with Crippen molar-refractivity contribution in [1.82, 2.24) is 19.9 Å². The fourth-order valence-corrected chi connectivity index (χ4v) is 3.69. The number of hydrogen-bond donors (Lipinski definition) is 0. The molecule has 2 fully saturated rings. The molecule has 22 heavy (non-hydrogen) atoms. The second-order valence-corrected chi connectivity index (χ2v) is 7.16. The van der Waals surface area contributed by atoms with Crippen molar-refractivity contribution in [3.63, 3.8) is 0 Å². The Kier molecular flexibility index (Phi) is 3.98. The molecule has 1 saturated heterocycles. The van der Waals surface area contributed by atoms with Gasteiger partial charge in [-0.25, -0.2) is 0 Å². The second-order valence-electron chi connectivity index (χ2n) is 6.38. The summed E-state index contributed by atoms with van der Waals surface area (Å²) in [4.78, 5) is 9.57. The van der Waals surface area contributed by atoms with Crippen molar-refractivity contribution in [2.75, 3.05) is 26.2 Å². The van der Waals surface area contributed by atoms with Crippen molar-refractivity contribution >= 4 is 11.3 Å². The van der Waals surface area contributed by atoms with Crippen LogP contribution in [0, 0.1) is 0 Å². The van der Waals surface area contributed by atoms with Gasteiger partial charge in [-0.15, -0.1) is 0 Å². The number of rotatable bonds is 5. The Morgan fingerprint density at radius 3 is 2.82 bits per heavy atom. The SMILES string of the molecule is C[C@@H](c1nc(C2CC2)no1)N1CCN(Cc2ccsc2)CC1. The molecular formula is C16H22N4OS. The minimum atomic E-state index is 0.225. The first-order chi connectivity index (χ1) is 10.8. The zero-order valence-electron chi connectivity index (χ0n) is 12.9. The van der Waals surface area contributed by atoms with Crippen LogP contribution >= 0.6 is 11.3 Å². The molecule has 0 aromatic carbocycles. The molecular weight excluding hydrogens is 296 g/mol. The minimum Gasteiger partial charge on any atom is -0.338 e. The zero-order chi connectivity index (χ0) is 14.9. The maximum absolute atomic E-state index is 5.48. The van der Waals surface area contributed by atoms with Crippen LogP contribution in [0.3, 0.4) is 0 Å². The summed E-state index contributed by atoms with van der Waals surface area (Å²) in [5.41, 5.74) is 1.43. The van der Waals surface area contributed by atoms with Crippen LogP contribution in [0.1, 0.15) is 49.0 Å². The standard InChI is InChI=1S/C16H22N4OS/c1-12(16-17-15(18-21-16)14-2-3-14)20-7-5-19(6-8-20)10-13-4-9-22-11-13/h4,9,11-12,14H,2-3,5-8,10H2,1H3/t12-/m0/s1. The van der Waals surface area contributed by atoms with Gasteiger partial charge in [-0.3, -0.25) is 9.80 Å². The first kappa shape index (κ1) is 14.4. The summed E-state index contributed by atoms with van der Waals surface area (Å²) in [6, 6.07) is 2.45. The maximum Gasteiger partial charge on any atom is 0.243 e. The highest BCUT2D eigenvalue weighted by Gasteiger charge is 2.31. The molecule has 0 radical (unpaired) electrons. The largest absolute Gasteiger partial charge is 0.338 e. The molecule has 3 heterocycles.